The summed E-state index contributed by atoms with van der Waals surface area (Å²) in [5.74, 6) is 0.264. The molecule has 2 aliphatic rings. The van der Waals surface area contributed by atoms with Gasteiger partial charge in [0.05, 0.1) is 5.69 Å². The Morgan fingerprint density at radius 1 is 1.19 bits per heavy atom. The number of hydrogen-bond acceptors (Lipinski definition) is 3. The van der Waals surface area contributed by atoms with Crippen LogP contribution in [0.5, 0.6) is 5.75 Å². The predicted molar refractivity (Wildman–Crippen MR) is 74.6 cm³/mol. The Balaban J connectivity index is 1.59. The van der Waals surface area contributed by atoms with E-state index in [1.54, 1.807) is 24.3 Å². The van der Waals surface area contributed by atoms with Crippen LogP contribution in [0.2, 0.25) is 0 Å². The van der Waals surface area contributed by atoms with Crippen molar-refractivity contribution in [1.29, 1.82) is 0 Å². The summed E-state index contributed by atoms with van der Waals surface area (Å²) in [6, 6.07) is 7.83. The molecule has 1 heterocycles. The second-order valence-corrected chi connectivity index (χ2v) is 5.76. The average Bonchev–Trinajstić information content (AvgIpc) is 3.18. The van der Waals surface area contributed by atoms with Gasteiger partial charge in [-0.1, -0.05) is 12.1 Å². The van der Waals surface area contributed by atoms with Crippen molar-refractivity contribution in [2.24, 2.45) is 0 Å². The maximum Gasteiger partial charge on any atom is 0.422 e. The zero-order valence-corrected chi connectivity index (χ0v) is 11.7. The first-order valence-electron chi connectivity index (χ1n) is 7.30. The van der Waals surface area contributed by atoms with Gasteiger partial charge in [0, 0.05) is 25.2 Å². The monoisotopic (exact) mass is 300 g/mol. The number of likely N-dealkylation sites (tertiary alicyclic amines) is 1. The molecule has 0 radical (unpaired) electrons. The molecule has 1 aromatic carbocycles. The van der Waals surface area contributed by atoms with E-state index in [0.717, 1.165) is 25.6 Å². The zero-order chi connectivity index (χ0) is 14.9. The van der Waals surface area contributed by atoms with Gasteiger partial charge in [-0.05, 0) is 31.4 Å². The van der Waals surface area contributed by atoms with Gasteiger partial charge in [0.15, 0.2) is 6.61 Å². The SMILES string of the molecule is FC(F)(F)COc1ccccc1NC1CCN(C2CC2)C1. The van der Waals surface area contributed by atoms with Crippen LogP contribution in [0.15, 0.2) is 24.3 Å². The lowest BCUT2D eigenvalue weighted by molar-refractivity contribution is -0.153. The summed E-state index contributed by atoms with van der Waals surface area (Å²) in [6.45, 7) is 0.761. The third-order valence-corrected chi connectivity index (χ3v) is 3.92. The van der Waals surface area contributed by atoms with Crippen molar-refractivity contribution < 1.29 is 17.9 Å². The lowest BCUT2D eigenvalue weighted by Crippen LogP contribution is -2.28. The van der Waals surface area contributed by atoms with Crippen LogP contribution in [0.3, 0.4) is 0 Å². The minimum Gasteiger partial charge on any atom is -0.482 e. The Bertz CT molecular complexity index is 488. The number of hydrogen-bond donors (Lipinski definition) is 1. The van der Waals surface area contributed by atoms with Crippen LogP contribution in [0.4, 0.5) is 18.9 Å². The van der Waals surface area contributed by atoms with E-state index in [1.165, 1.54) is 12.8 Å². The van der Waals surface area contributed by atoms with Gasteiger partial charge in [0.1, 0.15) is 5.75 Å². The number of halogens is 3. The van der Waals surface area contributed by atoms with Crippen LogP contribution in [0.1, 0.15) is 19.3 Å². The summed E-state index contributed by atoms with van der Waals surface area (Å²) in [4.78, 5) is 2.46. The minimum absolute atomic E-state index is 0.264. The summed E-state index contributed by atoms with van der Waals surface area (Å²) in [6.07, 6.45) is -0.747. The lowest BCUT2D eigenvalue weighted by atomic mass is 10.2. The van der Waals surface area contributed by atoms with Crippen molar-refractivity contribution in [3.63, 3.8) is 0 Å². The first-order chi connectivity index (χ1) is 10.0. The van der Waals surface area contributed by atoms with Gasteiger partial charge in [0.25, 0.3) is 0 Å². The molecular formula is C15H19F3N2O. The summed E-state index contributed by atoms with van der Waals surface area (Å²) < 4.78 is 41.7. The zero-order valence-electron chi connectivity index (χ0n) is 11.7. The van der Waals surface area contributed by atoms with E-state index in [9.17, 15) is 13.2 Å². The summed E-state index contributed by atoms with van der Waals surface area (Å²) in [7, 11) is 0. The molecule has 1 aliphatic carbocycles. The number of nitrogens with zero attached hydrogens (tertiary/aromatic N) is 1. The largest absolute Gasteiger partial charge is 0.482 e. The third-order valence-electron chi connectivity index (χ3n) is 3.92. The number of nitrogens with one attached hydrogen (secondary N) is 1. The molecule has 3 nitrogen and oxygen atoms in total. The number of ether oxygens (including phenoxy) is 1. The van der Waals surface area contributed by atoms with Crippen LogP contribution in [-0.2, 0) is 0 Å². The first-order valence-corrected chi connectivity index (χ1v) is 7.30. The molecule has 0 amide bonds. The molecule has 0 spiro atoms. The minimum atomic E-state index is -4.32. The predicted octanol–water partition coefficient (Wildman–Crippen LogP) is 3.28. The highest BCUT2D eigenvalue weighted by Crippen LogP contribution is 2.32. The van der Waals surface area contributed by atoms with Crippen molar-refractivity contribution in [2.45, 2.75) is 37.5 Å². The van der Waals surface area contributed by atoms with E-state index in [4.69, 9.17) is 4.74 Å². The highest BCUT2D eigenvalue weighted by molar-refractivity contribution is 5.57. The van der Waals surface area contributed by atoms with Crippen LogP contribution in [0.25, 0.3) is 0 Å². The smallest absolute Gasteiger partial charge is 0.422 e. The average molecular weight is 300 g/mol. The molecule has 1 aromatic rings. The van der Waals surface area contributed by atoms with Gasteiger partial charge < -0.3 is 10.1 Å². The van der Waals surface area contributed by atoms with E-state index < -0.39 is 12.8 Å². The van der Waals surface area contributed by atoms with E-state index in [1.807, 2.05) is 0 Å². The molecule has 21 heavy (non-hydrogen) atoms. The number of para-hydroxylation sites is 2. The Morgan fingerprint density at radius 2 is 1.95 bits per heavy atom. The van der Waals surface area contributed by atoms with Gasteiger partial charge in [-0.25, -0.2) is 0 Å². The Kier molecular flexibility index (Phi) is 3.97. The van der Waals surface area contributed by atoms with Gasteiger partial charge >= 0.3 is 6.18 Å². The van der Waals surface area contributed by atoms with Crippen molar-refractivity contribution in [3.8, 4) is 5.75 Å². The highest BCUT2D eigenvalue weighted by atomic mass is 19.4. The number of anilines is 1. The van der Waals surface area contributed by atoms with E-state index in [-0.39, 0.29) is 11.8 Å². The Morgan fingerprint density at radius 3 is 2.67 bits per heavy atom. The molecule has 0 aromatic heterocycles. The number of alkyl halides is 3. The fourth-order valence-corrected chi connectivity index (χ4v) is 2.77. The van der Waals surface area contributed by atoms with Crippen LogP contribution in [0, 0.1) is 0 Å². The molecule has 1 atom stereocenters. The molecule has 1 unspecified atom stereocenters. The quantitative estimate of drug-likeness (QED) is 0.903. The van der Waals surface area contributed by atoms with Crippen LogP contribution < -0.4 is 10.1 Å². The van der Waals surface area contributed by atoms with E-state index >= 15 is 0 Å². The topological polar surface area (TPSA) is 24.5 Å². The molecule has 1 saturated carbocycles. The Labute approximate surface area is 122 Å². The molecule has 1 aliphatic heterocycles. The molecular weight excluding hydrogens is 281 g/mol. The fraction of sp³-hybridized carbons (Fsp3) is 0.600. The highest BCUT2D eigenvalue weighted by Gasteiger charge is 2.34. The van der Waals surface area contributed by atoms with Crippen molar-refractivity contribution >= 4 is 5.69 Å². The number of benzene rings is 1. The van der Waals surface area contributed by atoms with Crippen molar-refractivity contribution in [1.82, 2.24) is 4.90 Å². The van der Waals surface area contributed by atoms with E-state index in [2.05, 4.69) is 10.2 Å². The summed E-state index contributed by atoms with van der Waals surface area (Å²) in [5.41, 5.74) is 0.643. The lowest BCUT2D eigenvalue weighted by Gasteiger charge is -2.19. The standard InChI is InChI=1S/C15H19F3N2O/c16-15(17,18)10-21-14-4-2-1-3-13(14)19-11-7-8-20(9-11)12-5-6-12/h1-4,11-12,19H,5-10H2. The number of rotatable bonds is 5. The maximum atomic E-state index is 12.3. The van der Waals surface area contributed by atoms with Gasteiger partial charge in [-0.15, -0.1) is 0 Å². The second-order valence-electron chi connectivity index (χ2n) is 5.76. The summed E-state index contributed by atoms with van der Waals surface area (Å²) in [5, 5.41) is 3.32. The molecule has 2 fully saturated rings. The first kappa shape index (κ1) is 14.5. The van der Waals surface area contributed by atoms with Crippen molar-refractivity contribution in [3.05, 3.63) is 24.3 Å². The maximum absolute atomic E-state index is 12.3. The van der Waals surface area contributed by atoms with Crippen molar-refractivity contribution in [2.75, 3.05) is 25.0 Å². The van der Waals surface area contributed by atoms with Gasteiger partial charge in [-0.2, -0.15) is 13.2 Å². The van der Waals surface area contributed by atoms with Gasteiger partial charge in [-0.3, -0.25) is 4.90 Å². The van der Waals surface area contributed by atoms with Crippen LogP contribution >= 0.6 is 0 Å². The Hall–Kier alpha value is -1.43. The molecule has 116 valence electrons. The normalized spacial score (nSPS) is 23.3. The molecule has 1 saturated heterocycles. The molecule has 0 bridgehead atoms. The van der Waals surface area contributed by atoms with Crippen LogP contribution in [-0.4, -0.2) is 42.9 Å². The third kappa shape index (κ3) is 4.03. The molecule has 1 N–H and O–H groups in total. The fourth-order valence-electron chi connectivity index (χ4n) is 2.77. The van der Waals surface area contributed by atoms with E-state index in [0.29, 0.717) is 5.69 Å². The second kappa shape index (κ2) is 5.75. The molecule has 6 heteroatoms. The molecule has 3 rings (SSSR count). The summed E-state index contributed by atoms with van der Waals surface area (Å²) >= 11 is 0. The van der Waals surface area contributed by atoms with Gasteiger partial charge in [0.2, 0.25) is 0 Å².